The van der Waals surface area contributed by atoms with E-state index in [1.807, 2.05) is 5.38 Å². The second kappa shape index (κ2) is 6.31. The molecule has 2 aromatic heterocycles. The summed E-state index contributed by atoms with van der Waals surface area (Å²) in [6.45, 7) is 2.53. The lowest BCUT2D eigenvalue weighted by Crippen LogP contribution is -2.25. The molecule has 0 aromatic carbocycles. The molecular weight excluding hydrogens is 300 g/mol. The highest BCUT2D eigenvalue weighted by Crippen LogP contribution is 2.24. The lowest BCUT2D eigenvalue weighted by atomic mass is 10.2. The summed E-state index contributed by atoms with van der Waals surface area (Å²) >= 11 is 1.62. The third kappa shape index (κ3) is 3.19. The van der Waals surface area contributed by atoms with Crippen LogP contribution in [0.15, 0.2) is 28.5 Å². The Morgan fingerprint density at radius 3 is 2.86 bits per heavy atom. The van der Waals surface area contributed by atoms with Crippen molar-refractivity contribution in [3.05, 3.63) is 45.3 Å². The van der Waals surface area contributed by atoms with Crippen LogP contribution in [0.3, 0.4) is 0 Å². The van der Waals surface area contributed by atoms with Gasteiger partial charge in [-0.3, -0.25) is 9.59 Å². The maximum Gasteiger partial charge on any atom is 0.253 e. The Bertz CT molecular complexity index is 731. The minimum atomic E-state index is -0.202. The van der Waals surface area contributed by atoms with E-state index in [4.69, 9.17) is 0 Å². The minimum Gasteiger partial charge on any atom is -0.348 e. The van der Waals surface area contributed by atoms with Crippen LogP contribution in [-0.4, -0.2) is 28.5 Å². The number of anilines is 1. The monoisotopic (exact) mass is 318 g/mol. The van der Waals surface area contributed by atoms with Crippen LogP contribution >= 0.6 is 11.3 Å². The summed E-state index contributed by atoms with van der Waals surface area (Å²) < 4.78 is 1.39. The third-order valence-electron chi connectivity index (χ3n) is 3.69. The van der Waals surface area contributed by atoms with Crippen LogP contribution in [0.5, 0.6) is 0 Å². The van der Waals surface area contributed by atoms with E-state index in [9.17, 15) is 9.59 Å². The minimum absolute atomic E-state index is 0.133. The highest BCUT2D eigenvalue weighted by molar-refractivity contribution is 7.13. The second-order valence-electron chi connectivity index (χ2n) is 5.37. The molecule has 1 aliphatic heterocycles. The quantitative estimate of drug-likeness (QED) is 0.924. The van der Waals surface area contributed by atoms with Crippen LogP contribution in [0.1, 0.15) is 28.9 Å². The van der Waals surface area contributed by atoms with Crippen LogP contribution in [-0.2, 0) is 13.6 Å². The third-order valence-corrected chi connectivity index (χ3v) is 4.64. The molecule has 116 valence electrons. The van der Waals surface area contributed by atoms with E-state index < -0.39 is 0 Å². The number of thiazole rings is 1. The SMILES string of the molecule is Cn1cc(C(=O)NCc2csc(N3CCCC3)n2)ccc1=O. The fourth-order valence-electron chi connectivity index (χ4n) is 2.43. The number of hydrogen-bond acceptors (Lipinski definition) is 5. The molecule has 0 saturated carbocycles. The first-order valence-electron chi connectivity index (χ1n) is 7.28. The number of carbonyl (C=O) groups excluding carboxylic acids is 1. The summed E-state index contributed by atoms with van der Waals surface area (Å²) in [5, 5.41) is 5.85. The van der Waals surface area contributed by atoms with Gasteiger partial charge in [-0.25, -0.2) is 4.98 Å². The van der Waals surface area contributed by atoms with E-state index in [0.29, 0.717) is 12.1 Å². The van der Waals surface area contributed by atoms with Gasteiger partial charge in [-0.15, -0.1) is 11.3 Å². The lowest BCUT2D eigenvalue weighted by molar-refractivity contribution is 0.0949. The maximum absolute atomic E-state index is 12.1. The molecule has 0 unspecified atom stereocenters. The molecular formula is C15H18N4O2S. The molecule has 3 rings (SSSR count). The summed E-state index contributed by atoms with van der Waals surface area (Å²) in [6, 6.07) is 2.93. The van der Waals surface area contributed by atoms with Crippen molar-refractivity contribution in [2.45, 2.75) is 19.4 Å². The Labute approximate surface area is 132 Å². The topological polar surface area (TPSA) is 67.2 Å². The lowest BCUT2D eigenvalue weighted by Gasteiger charge is -2.12. The molecule has 0 atom stereocenters. The summed E-state index contributed by atoms with van der Waals surface area (Å²) in [4.78, 5) is 30.2. The molecule has 0 aliphatic carbocycles. The number of nitrogens with zero attached hydrogens (tertiary/aromatic N) is 3. The van der Waals surface area contributed by atoms with Crippen LogP contribution in [0, 0.1) is 0 Å². The predicted octanol–water partition coefficient (Wildman–Crippen LogP) is 1.37. The van der Waals surface area contributed by atoms with Crippen molar-refractivity contribution in [2.24, 2.45) is 7.05 Å². The first-order chi connectivity index (χ1) is 10.6. The Morgan fingerprint density at radius 1 is 1.36 bits per heavy atom. The molecule has 1 fully saturated rings. The van der Waals surface area contributed by atoms with Gasteiger partial charge in [0.25, 0.3) is 5.91 Å². The van der Waals surface area contributed by atoms with Gasteiger partial charge >= 0.3 is 0 Å². The van der Waals surface area contributed by atoms with E-state index in [-0.39, 0.29) is 11.5 Å². The predicted molar refractivity (Wildman–Crippen MR) is 86.4 cm³/mol. The highest BCUT2D eigenvalue weighted by atomic mass is 32.1. The fourth-order valence-corrected chi connectivity index (χ4v) is 3.31. The van der Waals surface area contributed by atoms with Crippen molar-refractivity contribution in [1.29, 1.82) is 0 Å². The number of amides is 1. The van der Waals surface area contributed by atoms with Gasteiger partial charge in [0.1, 0.15) is 0 Å². The van der Waals surface area contributed by atoms with Gasteiger partial charge in [0.05, 0.1) is 17.8 Å². The average molecular weight is 318 g/mol. The molecule has 0 radical (unpaired) electrons. The molecule has 0 bridgehead atoms. The van der Waals surface area contributed by atoms with Crippen molar-refractivity contribution < 1.29 is 4.79 Å². The molecule has 0 spiro atoms. The van der Waals surface area contributed by atoms with Crippen LogP contribution in [0.25, 0.3) is 0 Å². The second-order valence-corrected chi connectivity index (χ2v) is 6.20. The van der Waals surface area contributed by atoms with Crippen molar-refractivity contribution >= 4 is 22.4 Å². The van der Waals surface area contributed by atoms with E-state index in [1.54, 1.807) is 18.4 Å². The van der Waals surface area contributed by atoms with Gasteiger partial charge in [-0.2, -0.15) is 0 Å². The smallest absolute Gasteiger partial charge is 0.253 e. The van der Waals surface area contributed by atoms with Gasteiger partial charge in [-0.05, 0) is 18.9 Å². The van der Waals surface area contributed by atoms with E-state index in [1.165, 1.54) is 35.7 Å². The molecule has 3 heterocycles. The Balaban J connectivity index is 1.60. The summed E-state index contributed by atoms with van der Waals surface area (Å²) in [6.07, 6.45) is 3.98. The Kier molecular flexibility index (Phi) is 4.24. The number of aryl methyl sites for hydroxylation is 1. The van der Waals surface area contributed by atoms with Crippen molar-refractivity contribution in [3.63, 3.8) is 0 Å². The fraction of sp³-hybridized carbons (Fsp3) is 0.400. The van der Waals surface area contributed by atoms with Gasteiger partial charge in [0.2, 0.25) is 5.56 Å². The van der Waals surface area contributed by atoms with Gasteiger partial charge in [0, 0.05) is 37.8 Å². The normalized spacial score (nSPS) is 14.3. The first-order valence-corrected chi connectivity index (χ1v) is 8.16. The Morgan fingerprint density at radius 2 is 2.14 bits per heavy atom. The van der Waals surface area contributed by atoms with Crippen molar-refractivity contribution in [2.75, 3.05) is 18.0 Å². The number of pyridine rings is 1. The van der Waals surface area contributed by atoms with Gasteiger partial charge < -0.3 is 14.8 Å². The largest absolute Gasteiger partial charge is 0.348 e. The molecule has 1 N–H and O–H groups in total. The number of hydrogen-bond donors (Lipinski definition) is 1. The average Bonchev–Trinajstić information content (AvgIpc) is 3.18. The van der Waals surface area contributed by atoms with E-state index in [0.717, 1.165) is 23.9 Å². The van der Waals surface area contributed by atoms with Crippen molar-refractivity contribution in [3.8, 4) is 0 Å². The summed E-state index contributed by atoms with van der Waals surface area (Å²) in [7, 11) is 1.63. The molecule has 1 saturated heterocycles. The first kappa shape index (κ1) is 14.8. The molecule has 22 heavy (non-hydrogen) atoms. The standard InChI is InChI=1S/C15H18N4O2S/c1-18-9-11(4-5-13(18)20)14(21)16-8-12-10-22-15(17-12)19-6-2-3-7-19/h4-5,9-10H,2-3,6-8H2,1H3,(H,16,21). The molecule has 7 heteroatoms. The molecule has 6 nitrogen and oxygen atoms in total. The number of aromatic nitrogens is 2. The maximum atomic E-state index is 12.1. The van der Waals surface area contributed by atoms with Gasteiger partial charge in [0.15, 0.2) is 5.13 Å². The number of nitrogens with one attached hydrogen (secondary N) is 1. The number of carbonyl (C=O) groups is 1. The van der Waals surface area contributed by atoms with Crippen molar-refractivity contribution in [1.82, 2.24) is 14.9 Å². The van der Waals surface area contributed by atoms with Crippen LogP contribution in [0.4, 0.5) is 5.13 Å². The van der Waals surface area contributed by atoms with Crippen LogP contribution < -0.4 is 15.8 Å². The highest BCUT2D eigenvalue weighted by Gasteiger charge is 2.16. The van der Waals surface area contributed by atoms with E-state index >= 15 is 0 Å². The molecule has 1 amide bonds. The zero-order valence-electron chi connectivity index (χ0n) is 12.4. The van der Waals surface area contributed by atoms with E-state index in [2.05, 4.69) is 15.2 Å². The zero-order chi connectivity index (χ0) is 15.5. The molecule has 1 aliphatic rings. The van der Waals surface area contributed by atoms with Gasteiger partial charge in [-0.1, -0.05) is 0 Å². The summed E-state index contributed by atoms with van der Waals surface area (Å²) in [5.74, 6) is -0.202. The number of rotatable bonds is 4. The molecule has 2 aromatic rings. The summed E-state index contributed by atoms with van der Waals surface area (Å²) in [5.41, 5.74) is 1.20. The zero-order valence-corrected chi connectivity index (χ0v) is 13.2. The Hall–Kier alpha value is -2.15. The van der Waals surface area contributed by atoms with Crippen LogP contribution in [0.2, 0.25) is 0 Å².